The number of benzene rings is 1. The number of pyridine rings is 2. The first-order chi connectivity index (χ1) is 15.1. The van der Waals surface area contributed by atoms with E-state index in [4.69, 9.17) is 16.3 Å². The molecule has 0 saturated heterocycles. The molecule has 0 unspecified atom stereocenters. The Bertz CT molecular complexity index is 1500. The smallest absolute Gasteiger partial charge is 0.227 e. The van der Waals surface area contributed by atoms with E-state index in [2.05, 4.69) is 4.98 Å². The highest BCUT2D eigenvalue weighted by atomic mass is 32.1. The zero-order chi connectivity index (χ0) is 22.8. The van der Waals surface area contributed by atoms with Crippen molar-refractivity contribution in [3.63, 3.8) is 0 Å². The van der Waals surface area contributed by atoms with Crippen molar-refractivity contribution < 1.29 is 11.3 Å². The van der Waals surface area contributed by atoms with Crippen LogP contribution in [-0.2, 0) is 6.37 Å². The summed E-state index contributed by atoms with van der Waals surface area (Å²) in [7, 11) is 0. The molecule has 3 nitrogen and oxygen atoms in total. The Labute approximate surface area is 168 Å². The van der Waals surface area contributed by atoms with E-state index in [0.29, 0.717) is 22.6 Å². The van der Waals surface area contributed by atoms with Gasteiger partial charge in [-0.2, -0.15) is 0 Å². The molecule has 1 aromatic carbocycles. The van der Waals surface area contributed by atoms with Crippen LogP contribution >= 0.6 is 11.3 Å². The van der Waals surface area contributed by atoms with Crippen molar-refractivity contribution in [3.8, 4) is 11.3 Å². The van der Waals surface area contributed by atoms with Crippen LogP contribution in [0, 0.1) is 13.8 Å². The molecule has 4 heterocycles. The van der Waals surface area contributed by atoms with Crippen LogP contribution in [0.4, 0.5) is 0 Å². The lowest BCUT2D eigenvalue weighted by atomic mass is 10.1. The molecule has 5 aromatic rings. The number of hydrogen-bond acceptors (Lipinski definition) is 4. The molecule has 0 amide bonds. The zero-order valence-corrected chi connectivity index (χ0v) is 15.8. The first-order valence-corrected chi connectivity index (χ1v) is 9.65. The fourth-order valence-electron chi connectivity index (χ4n) is 3.46. The van der Waals surface area contributed by atoms with Crippen LogP contribution in [0.5, 0.6) is 0 Å². The molecule has 27 heavy (non-hydrogen) atoms. The van der Waals surface area contributed by atoms with E-state index < -0.39 is 13.2 Å². The molecular formula is C23H20N2OS. The Morgan fingerprint density at radius 1 is 1.07 bits per heavy atom. The number of hydrogen-bond donors (Lipinski definition) is 0. The SMILES string of the molecule is [2H]C([2H])([2H])c1ccc2c(n1)oc1c(-c3ccc4c(C)c(C([2H])([2H])CC)sc4n3)cccc12. The molecule has 0 aliphatic rings. The van der Waals surface area contributed by atoms with Crippen LogP contribution in [0.2, 0.25) is 0 Å². The molecule has 0 saturated carbocycles. The Balaban J connectivity index is 1.70. The monoisotopic (exact) mass is 377 g/mol. The van der Waals surface area contributed by atoms with Crippen molar-refractivity contribution in [3.05, 3.63) is 58.6 Å². The maximum Gasteiger partial charge on any atom is 0.227 e. The molecular weight excluding hydrogens is 352 g/mol. The minimum absolute atomic E-state index is 0.00284. The van der Waals surface area contributed by atoms with Gasteiger partial charge in [0.2, 0.25) is 5.71 Å². The van der Waals surface area contributed by atoms with Gasteiger partial charge in [0.15, 0.2) is 0 Å². The summed E-state index contributed by atoms with van der Waals surface area (Å²) in [5, 5.41) is 2.54. The quantitative estimate of drug-likeness (QED) is 0.346. The summed E-state index contributed by atoms with van der Waals surface area (Å²) in [6.45, 7) is 1.48. The Kier molecular flexibility index (Phi) is 2.71. The highest BCUT2D eigenvalue weighted by molar-refractivity contribution is 7.18. The van der Waals surface area contributed by atoms with E-state index >= 15 is 0 Å². The molecule has 0 atom stereocenters. The van der Waals surface area contributed by atoms with Gasteiger partial charge in [0, 0.05) is 39.1 Å². The predicted octanol–water partition coefficient (Wildman–Crippen LogP) is 6.83. The summed E-state index contributed by atoms with van der Waals surface area (Å²) in [5.74, 6) is 0. The van der Waals surface area contributed by atoms with Crippen LogP contribution in [0.25, 0.3) is 43.5 Å². The number of aryl methyl sites for hydroxylation is 3. The first kappa shape index (κ1) is 11.9. The van der Waals surface area contributed by atoms with Gasteiger partial charge in [0.05, 0.1) is 5.69 Å². The Morgan fingerprint density at radius 2 is 1.96 bits per heavy atom. The molecule has 0 aliphatic heterocycles. The third kappa shape index (κ3) is 2.55. The summed E-state index contributed by atoms with van der Waals surface area (Å²) in [6.07, 6.45) is -0.989. The number of thiophene rings is 1. The molecule has 0 aliphatic carbocycles. The normalized spacial score (nSPS) is 15.6. The van der Waals surface area contributed by atoms with Crippen molar-refractivity contribution in [1.29, 1.82) is 0 Å². The predicted molar refractivity (Wildman–Crippen MR) is 114 cm³/mol. The molecule has 0 fully saturated rings. The first-order valence-electron chi connectivity index (χ1n) is 11.3. The van der Waals surface area contributed by atoms with Crippen molar-refractivity contribution in [1.82, 2.24) is 9.97 Å². The second kappa shape index (κ2) is 6.17. The van der Waals surface area contributed by atoms with E-state index in [0.717, 1.165) is 32.1 Å². The van der Waals surface area contributed by atoms with Gasteiger partial charge in [0.1, 0.15) is 10.4 Å². The summed E-state index contributed by atoms with van der Waals surface area (Å²) in [5.41, 5.74) is 3.30. The van der Waals surface area contributed by atoms with Crippen molar-refractivity contribution in [2.45, 2.75) is 33.5 Å². The molecule has 0 bridgehead atoms. The van der Waals surface area contributed by atoms with Crippen LogP contribution in [0.3, 0.4) is 0 Å². The van der Waals surface area contributed by atoms with Gasteiger partial charge >= 0.3 is 0 Å². The topological polar surface area (TPSA) is 38.9 Å². The highest BCUT2D eigenvalue weighted by Crippen LogP contribution is 2.37. The fraction of sp³-hybridized carbons (Fsp3) is 0.217. The van der Waals surface area contributed by atoms with E-state index in [1.165, 1.54) is 17.4 Å². The van der Waals surface area contributed by atoms with Crippen LogP contribution < -0.4 is 0 Å². The van der Waals surface area contributed by atoms with Gasteiger partial charge in [-0.1, -0.05) is 25.5 Å². The fourth-order valence-corrected chi connectivity index (χ4v) is 4.61. The summed E-state index contributed by atoms with van der Waals surface area (Å²) >= 11 is 1.39. The average Bonchev–Trinajstić information content (AvgIpc) is 3.30. The minimum Gasteiger partial charge on any atom is -0.437 e. The average molecular weight is 378 g/mol. The van der Waals surface area contributed by atoms with Gasteiger partial charge in [-0.3, -0.25) is 0 Å². The maximum atomic E-state index is 8.33. The number of rotatable bonds is 3. The van der Waals surface area contributed by atoms with Gasteiger partial charge in [-0.15, -0.1) is 11.3 Å². The minimum atomic E-state index is -2.30. The second-order valence-electron chi connectivity index (χ2n) is 6.47. The molecule has 0 radical (unpaired) electrons. The molecule has 0 N–H and O–H groups in total. The summed E-state index contributed by atoms with van der Waals surface area (Å²) < 4.78 is 45.5. The second-order valence-corrected chi connectivity index (χ2v) is 7.47. The number of furan rings is 1. The molecule has 4 heteroatoms. The third-order valence-electron chi connectivity index (χ3n) is 4.78. The van der Waals surface area contributed by atoms with Gasteiger partial charge in [-0.05, 0) is 56.0 Å². The molecule has 4 aromatic heterocycles. The van der Waals surface area contributed by atoms with Crippen molar-refractivity contribution >= 4 is 43.6 Å². The number of nitrogens with zero attached hydrogens (tertiary/aromatic N) is 2. The van der Waals surface area contributed by atoms with Crippen molar-refractivity contribution in [2.75, 3.05) is 0 Å². The lowest BCUT2D eigenvalue weighted by Crippen LogP contribution is -1.84. The van der Waals surface area contributed by atoms with Gasteiger partial charge in [-0.25, -0.2) is 9.97 Å². The summed E-state index contributed by atoms with van der Waals surface area (Å²) in [6, 6.07) is 12.9. The molecule has 0 spiro atoms. The largest absolute Gasteiger partial charge is 0.437 e. The van der Waals surface area contributed by atoms with E-state index in [1.807, 2.05) is 44.2 Å². The zero-order valence-electron chi connectivity index (χ0n) is 20.0. The summed E-state index contributed by atoms with van der Waals surface area (Å²) in [4.78, 5) is 10.6. The molecule has 5 rings (SSSR count). The van der Waals surface area contributed by atoms with Gasteiger partial charge < -0.3 is 4.42 Å². The maximum absolute atomic E-state index is 8.33. The number of aromatic nitrogens is 2. The van der Waals surface area contributed by atoms with Crippen LogP contribution in [0.1, 0.15) is 36.3 Å². The highest BCUT2D eigenvalue weighted by Gasteiger charge is 2.15. The third-order valence-corrected chi connectivity index (χ3v) is 5.94. The van der Waals surface area contributed by atoms with Crippen LogP contribution in [-0.4, -0.2) is 9.97 Å². The lowest BCUT2D eigenvalue weighted by molar-refractivity contribution is 0.653. The molecule has 134 valence electrons. The van der Waals surface area contributed by atoms with E-state index in [-0.39, 0.29) is 11.4 Å². The lowest BCUT2D eigenvalue weighted by Gasteiger charge is -2.02. The van der Waals surface area contributed by atoms with E-state index in [1.54, 1.807) is 6.07 Å². The standard InChI is InChI=1S/C23H20N2OS/c1-4-6-20-14(3)15-11-12-19(25-23(15)27-20)18-8-5-7-16-17-10-9-13(2)24-22(17)26-21(16)18/h5,7-12H,4,6H2,1-3H3/i2D3,6D2. The Hall–Kier alpha value is -2.72. The van der Waals surface area contributed by atoms with Gasteiger partial charge in [0.25, 0.3) is 0 Å². The Morgan fingerprint density at radius 3 is 2.81 bits per heavy atom. The van der Waals surface area contributed by atoms with Crippen LogP contribution in [0.15, 0.2) is 46.9 Å². The van der Waals surface area contributed by atoms with E-state index in [9.17, 15) is 0 Å². The number of fused-ring (bicyclic) bond motifs is 4. The van der Waals surface area contributed by atoms with Crippen molar-refractivity contribution in [2.24, 2.45) is 0 Å². The number of para-hydroxylation sites is 1.